The summed E-state index contributed by atoms with van der Waals surface area (Å²) in [6, 6.07) is 11.6. The van der Waals surface area contributed by atoms with Crippen LogP contribution in [0.1, 0.15) is 61.3 Å². The van der Waals surface area contributed by atoms with Gasteiger partial charge in [0.25, 0.3) is 5.91 Å². The summed E-state index contributed by atoms with van der Waals surface area (Å²) in [7, 11) is 1.64. The van der Waals surface area contributed by atoms with E-state index in [2.05, 4.69) is 30.9 Å². The lowest BCUT2D eigenvalue weighted by atomic mass is 10.0. The van der Waals surface area contributed by atoms with Crippen LogP contribution in [0.5, 0.6) is 5.75 Å². The first-order valence-corrected chi connectivity index (χ1v) is 16.9. The van der Waals surface area contributed by atoms with E-state index in [-0.39, 0.29) is 48.0 Å². The lowest BCUT2D eigenvalue weighted by Crippen LogP contribution is -2.46. The highest BCUT2D eigenvalue weighted by Gasteiger charge is 2.32. The molecule has 0 aliphatic carbocycles. The van der Waals surface area contributed by atoms with Gasteiger partial charge < -0.3 is 20.7 Å². The van der Waals surface area contributed by atoms with Crippen LogP contribution in [0.2, 0.25) is 0 Å². The Hall–Kier alpha value is -6.12. The fourth-order valence-corrected chi connectivity index (χ4v) is 5.56. The third kappa shape index (κ3) is 8.78. The lowest BCUT2D eigenvalue weighted by molar-refractivity contribution is -0.385. The number of urea groups is 1. The van der Waals surface area contributed by atoms with Gasteiger partial charge in [0, 0.05) is 47.9 Å². The molecular weight excluding hydrogens is 666 g/mol. The van der Waals surface area contributed by atoms with Gasteiger partial charge in [0.15, 0.2) is 5.75 Å². The first-order valence-electron chi connectivity index (χ1n) is 16.9. The molecule has 4 amide bonds. The molecule has 5 rings (SSSR count). The van der Waals surface area contributed by atoms with Crippen molar-refractivity contribution in [1.82, 2.24) is 20.3 Å². The predicted molar refractivity (Wildman–Crippen MR) is 198 cm³/mol. The first kappa shape index (κ1) is 37.1. The fourth-order valence-electron chi connectivity index (χ4n) is 5.56. The molecule has 0 saturated carbocycles. The van der Waals surface area contributed by atoms with E-state index in [1.54, 1.807) is 42.5 Å². The van der Waals surface area contributed by atoms with Crippen LogP contribution in [-0.2, 0) is 11.3 Å². The van der Waals surface area contributed by atoms with E-state index in [0.29, 0.717) is 35.2 Å². The second kappa shape index (κ2) is 15.8. The van der Waals surface area contributed by atoms with Gasteiger partial charge in [-0.1, -0.05) is 33.8 Å². The molecule has 0 bridgehead atoms. The van der Waals surface area contributed by atoms with Gasteiger partial charge in [0.1, 0.15) is 11.9 Å². The van der Waals surface area contributed by atoms with Crippen LogP contribution in [0.15, 0.2) is 60.9 Å². The number of nitro benzene ring substituents is 1. The van der Waals surface area contributed by atoms with Gasteiger partial charge in [0.2, 0.25) is 11.9 Å². The highest BCUT2D eigenvalue weighted by Crippen LogP contribution is 2.34. The third-order valence-corrected chi connectivity index (χ3v) is 8.26. The zero-order valence-corrected chi connectivity index (χ0v) is 30.3. The molecule has 0 saturated heterocycles. The molecule has 4 aromatic rings. The highest BCUT2D eigenvalue weighted by molar-refractivity contribution is 6.06. The standard InChI is InChI=1S/C37H43N9O6/c1-21(2)14-29(42-34(47)25-10-13-30(46(50)51)32(15-25)52-20-22(3)4)35(48)40-27-11-8-23(5)31(16-27)45-19-26-17-39-36(43-33(26)44(7)37(45)49)41-28-12-9-24(6)38-18-28/h8-13,15-18,21-22,29H,14,19-20H2,1-7H3,(H,40,48)(H,42,47)(H,39,41,43). The van der Waals surface area contributed by atoms with E-state index in [1.165, 1.54) is 23.1 Å². The molecule has 3 heterocycles. The molecule has 1 aliphatic heterocycles. The number of fused-ring (bicyclic) bond motifs is 1. The minimum absolute atomic E-state index is 0.0209. The topological polar surface area (TPSA) is 185 Å². The molecule has 3 N–H and O–H groups in total. The Bertz CT molecular complexity index is 1980. The summed E-state index contributed by atoms with van der Waals surface area (Å²) in [5.41, 5.74) is 4.00. The average Bonchev–Trinajstić information content (AvgIpc) is 3.10. The van der Waals surface area contributed by atoms with Crippen molar-refractivity contribution in [3.63, 3.8) is 0 Å². The summed E-state index contributed by atoms with van der Waals surface area (Å²) in [5, 5.41) is 20.4. The predicted octanol–water partition coefficient (Wildman–Crippen LogP) is 6.53. The van der Waals surface area contributed by atoms with Crippen LogP contribution < -0.4 is 30.5 Å². The van der Waals surface area contributed by atoms with Gasteiger partial charge in [-0.2, -0.15) is 4.98 Å². The van der Waals surface area contributed by atoms with Crippen molar-refractivity contribution in [3.05, 3.63) is 93.4 Å². The van der Waals surface area contributed by atoms with Crippen LogP contribution in [0.3, 0.4) is 0 Å². The Kier molecular flexibility index (Phi) is 11.3. The van der Waals surface area contributed by atoms with Gasteiger partial charge in [-0.25, -0.2) is 9.78 Å². The fraction of sp³-hybridized carbons (Fsp3) is 0.351. The summed E-state index contributed by atoms with van der Waals surface area (Å²) in [6.45, 7) is 11.9. The number of amides is 4. The number of nitro groups is 1. The van der Waals surface area contributed by atoms with E-state index in [9.17, 15) is 24.5 Å². The van der Waals surface area contributed by atoms with Crippen LogP contribution >= 0.6 is 0 Å². The number of ether oxygens (including phenoxy) is 1. The molecule has 15 heteroatoms. The SMILES string of the molecule is Cc1ccc(Nc2ncc3c(n2)N(C)C(=O)N(c2cc(NC(=O)C(CC(C)C)NC(=O)c4ccc([N+](=O)[O-])c(OCC(C)C)c4)ccc2C)C3)cn1. The summed E-state index contributed by atoms with van der Waals surface area (Å²) >= 11 is 0. The molecule has 0 spiro atoms. The van der Waals surface area contributed by atoms with Crippen molar-refractivity contribution < 1.29 is 24.0 Å². The number of aryl methyl sites for hydroxylation is 2. The molecule has 1 unspecified atom stereocenters. The van der Waals surface area contributed by atoms with Crippen molar-refractivity contribution in [2.24, 2.45) is 11.8 Å². The minimum Gasteiger partial charge on any atom is -0.487 e. The van der Waals surface area contributed by atoms with Gasteiger partial charge >= 0.3 is 11.7 Å². The number of carbonyl (C=O) groups is 3. The third-order valence-electron chi connectivity index (χ3n) is 8.26. The number of nitrogens with one attached hydrogen (secondary N) is 3. The summed E-state index contributed by atoms with van der Waals surface area (Å²) in [5.74, 6) is -0.108. The molecule has 272 valence electrons. The quantitative estimate of drug-likeness (QED) is 0.102. The van der Waals surface area contributed by atoms with E-state index >= 15 is 0 Å². The monoisotopic (exact) mass is 709 g/mol. The smallest absolute Gasteiger partial charge is 0.330 e. The molecule has 0 fully saturated rings. The van der Waals surface area contributed by atoms with Crippen molar-refractivity contribution in [2.75, 3.05) is 34.1 Å². The van der Waals surface area contributed by atoms with Crippen molar-refractivity contribution >= 4 is 52.4 Å². The molecule has 15 nitrogen and oxygen atoms in total. The molecule has 52 heavy (non-hydrogen) atoms. The molecule has 0 radical (unpaired) electrons. The zero-order chi connectivity index (χ0) is 37.7. The van der Waals surface area contributed by atoms with E-state index in [4.69, 9.17) is 4.74 Å². The lowest BCUT2D eigenvalue weighted by Gasteiger charge is -2.35. The molecule has 1 aliphatic rings. The number of hydrogen-bond donors (Lipinski definition) is 3. The second-order valence-electron chi connectivity index (χ2n) is 13.6. The maximum atomic E-state index is 13.7. The van der Waals surface area contributed by atoms with Gasteiger partial charge in [0.05, 0.1) is 35.6 Å². The number of carbonyl (C=O) groups excluding carboxylic acids is 3. The van der Waals surface area contributed by atoms with Crippen molar-refractivity contribution in [1.29, 1.82) is 0 Å². The number of anilines is 5. The largest absolute Gasteiger partial charge is 0.487 e. The number of rotatable bonds is 13. The second-order valence-corrected chi connectivity index (χ2v) is 13.6. The number of nitrogens with zero attached hydrogens (tertiary/aromatic N) is 6. The molecule has 2 aromatic heterocycles. The van der Waals surface area contributed by atoms with Crippen molar-refractivity contribution in [2.45, 2.75) is 60.5 Å². The average molecular weight is 710 g/mol. The first-order chi connectivity index (χ1) is 24.7. The van der Waals surface area contributed by atoms with Gasteiger partial charge in [-0.15, -0.1) is 0 Å². The Morgan fingerprint density at radius 2 is 1.73 bits per heavy atom. The summed E-state index contributed by atoms with van der Waals surface area (Å²) in [6.07, 6.45) is 3.68. The van der Waals surface area contributed by atoms with Crippen LogP contribution in [0, 0.1) is 35.8 Å². The van der Waals surface area contributed by atoms with Crippen LogP contribution in [-0.4, -0.2) is 57.4 Å². The van der Waals surface area contributed by atoms with Gasteiger partial charge in [-0.3, -0.25) is 34.5 Å². The van der Waals surface area contributed by atoms with E-state index in [1.807, 2.05) is 53.7 Å². The van der Waals surface area contributed by atoms with Crippen LogP contribution in [0.4, 0.5) is 39.3 Å². The Labute approximate surface area is 302 Å². The maximum absolute atomic E-state index is 13.7. The molecular formula is C37H43N9O6. The molecule has 1 atom stereocenters. The summed E-state index contributed by atoms with van der Waals surface area (Å²) < 4.78 is 5.64. The van der Waals surface area contributed by atoms with Crippen molar-refractivity contribution in [3.8, 4) is 5.75 Å². The Balaban J connectivity index is 1.33. The summed E-state index contributed by atoms with van der Waals surface area (Å²) in [4.78, 5) is 68.1. The number of pyridine rings is 1. The van der Waals surface area contributed by atoms with E-state index < -0.39 is 22.8 Å². The van der Waals surface area contributed by atoms with Gasteiger partial charge in [-0.05, 0) is 68.0 Å². The Morgan fingerprint density at radius 3 is 2.40 bits per heavy atom. The Morgan fingerprint density at radius 1 is 0.981 bits per heavy atom. The number of aromatic nitrogens is 3. The normalized spacial score (nSPS) is 13.1. The highest BCUT2D eigenvalue weighted by atomic mass is 16.6. The number of hydrogen-bond acceptors (Lipinski definition) is 10. The minimum atomic E-state index is -0.933. The maximum Gasteiger partial charge on any atom is 0.330 e. The zero-order valence-electron chi connectivity index (χ0n) is 30.3. The molecule has 2 aromatic carbocycles. The van der Waals surface area contributed by atoms with E-state index in [0.717, 1.165) is 16.8 Å². The van der Waals surface area contributed by atoms with Crippen LogP contribution in [0.25, 0.3) is 0 Å². The number of benzene rings is 2.